The van der Waals surface area contributed by atoms with Crippen molar-refractivity contribution in [3.05, 3.63) is 64.4 Å². The number of carbonyl (C=O) groups is 2. The Bertz CT molecular complexity index is 1020. The third-order valence-electron chi connectivity index (χ3n) is 5.12. The predicted octanol–water partition coefficient (Wildman–Crippen LogP) is 3.69. The maximum absolute atomic E-state index is 12.8. The lowest BCUT2D eigenvalue weighted by atomic mass is 10.1. The molecule has 9 heteroatoms. The molecule has 0 spiro atoms. The molecule has 2 atom stereocenters. The number of alkyl carbamates (subject to hydrolysis) is 1. The Hall–Kier alpha value is -3.36. The second-order valence-electron chi connectivity index (χ2n) is 9.00. The van der Waals surface area contributed by atoms with Crippen LogP contribution in [0.4, 0.5) is 4.79 Å². The van der Waals surface area contributed by atoms with Crippen molar-refractivity contribution in [1.29, 1.82) is 0 Å². The number of aryl methyl sites for hydroxylation is 1. The first-order valence-electron chi connectivity index (χ1n) is 11.2. The van der Waals surface area contributed by atoms with Crippen LogP contribution in [0.2, 0.25) is 0 Å². The topological polar surface area (TPSA) is 113 Å². The zero-order valence-corrected chi connectivity index (χ0v) is 19.3. The van der Waals surface area contributed by atoms with Crippen LogP contribution in [0, 0.1) is 0 Å². The number of nitrogens with zero attached hydrogens (tertiary/aromatic N) is 2. The fraction of sp³-hybridized carbons (Fsp3) is 0.500. The number of aromatic nitrogens is 2. The van der Waals surface area contributed by atoms with Crippen LogP contribution in [0.25, 0.3) is 0 Å². The lowest BCUT2D eigenvalue weighted by Gasteiger charge is -2.22. The van der Waals surface area contributed by atoms with Crippen LogP contribution in [0.1, 0.15) is 63.9 Å². The summed E-state index contributed by atoms with van der Waals surface area (Å²) in [5.74, 6) is -0.442. The lowest BCUT2D eigenvalue weighted by molar-refractivity contribution is -0.147. The number of carbonyl (C=O) groups excluding carboxylic acids is 2. The standard InChI is InChI=1S/C24H31N3O6/c1-24(2,3)32-22(29)25-19(21(28)31-16-17-10-5-4-6-11-17)14-9-13-18-12-7-8-15-20-26-33-23(30)27(18)20/h4-6,9-11,13,18-19H,7-8,12,14-16H2,1-3H3,(H,25,29)/b13-9-/t18?,19-/m0/s1. The van der Waals surface area contributed by atoms with Crippen LogP contribution >= 0.6 is 0 Å². The fourth-order valence-corrected chi connectivity index (χ4v) is 3.59. The molecular formula is C24H31N3O6. The van der Waals surface area contributed by atoms with E-state index in [1.165, 1.54) is 0 Å². The number of amides is 1. The highest BCUT2D eigenvalue weighted by atomic mass is 16.6. The number of hydrogen-bond acceptors (Lipinski definition) is 7. The van der Waals surface area contributed by atoms with Crippen molar-refractivity contribution in [3.8, 4) is 0 Å². The molecule has 0 saturated heterocycles. The Labute approximate surface area is 192 Å². The van der Waals surface area contributed by atoms with Gasteiger partial charge >= 0.3 is 17.8 Å². The van der Waals surface area contributed by atoms with E-state index in [9.17, 15) is 14.4 Å². The molecule has 0 aliphatic carbocycles. The van der Waals surface area contributed by atoms with Crippen molar-refractivity contribution in [2.24, 2.45) is 0 Å². The van der Waals surface area contributed by atoms with Crippen LogP contribution in [0.3, 0.4) is 0 Å². The van der Waals surface area contributed by atoms with Gasteiger partial charge in [0.05, 0.1) is 6.04 Å². The van der Waals surface area contributed by atoms with Crippen LogP contribution in [-0.4, -0.2) is 33.4 Å². The highest BCUT2D eigenvalue weighted by Gasteiger charge is 2.26. The third kappa shape index (κ3) is 7.34. The smallest absolute Gasteiger partial charge is 0.442 e. The molecule has 1 aliphatic rings. The maximum Gasteiger partial charge on any atom is 0.442 e. The number of nitrogens with one attached hydrogen (secondary N) is 1. The second-order valence-corrected chi connectivity index (χ2v) is 9.00. The van der Waals surface area contributed by atoms with Crippen molar-refractivity contribution in [1.82, 2.24) is 15.0 Å². The molecule has 0 saturated carbocycles. The Morgan fingerprint density at radius 1 is 1.27 bits per heavy atom. The molecule has 2 heterocycles. The third-order valence-corrected chi connectivity index (χ3v) is 5.12. The van der Waals surface area contributed by atoms with Crippen molar-refractivity contribution in [3.63, 3.8) is 0 Å². The first-order chi connectivity index (χ1) is 15.7. The number of rotatable bonds is 7. The molecule has 1 aliphatic heterocycles. The van der Waals surface area contributed by atoms with E-state index >= 15 is 0 Å². The SMILES string of the molecule is CC(C)(C)OC(=O)N[C@@H](C/C=C\C1CCCCc2noc(=O)n21)C(=O)OCc1ccccc1. The van der Waals surface area contributed by atoms with Crippen molar-refractivity contribution < 1.29 is 23.6 Å². The average molecular weight is 458 g/mol. The van der Waals surface area contributed by atoms with Gasteiger partial charge in [-0.15, -0.1) is 0 Å². The summed E-state index contributed by atoms with van der Waals surface area (Å²) in [6.45, 7) is 5.33. The molecule has 0 fully saturated rings. The monoisotopic (exact) mass is 457 g/mol. The minimum Gasteiger partial charge on any atom is -0.459 e. The number of fused-ring (bicyclic) bond motifs is 1. The number of hydrogen-bond donors (Lipinski definition) is 1. The van der Waals surface area contributed by atoms with Crippen LogP contribution in [0.5, 0.6) is 0 Å². The average Bonchev–Trinajstić information content (AvgIpc) is 2.99. The minimum absolute atomic E-state index is 0.0952. The van der Waals surface area contributed by atoms with Gasteiger partial charge in [0.15, 0.2) is 5.82 Å². The molecule has 3 rings (SSSR count). The number of esters is 1. The minimum atomic E-state index is -0.941. The van der Waals surface area contributed by atoms with E-state index in [0.717, 1.165) is 24.8 Å². The molecule has 1 aromatic carbocycles. The summed E-state index contributed by atoms with van der Waals surface area (Å²) in [7, 11) is 0. The van der Waals surface area contributed by atoms with Crippen LogP contribution < -0.4 is 11.1 Å². The van der Waals surface area contributed by atoms with Crippen LogP contribution in [0.15, 0.2) is 51.8 Å². The molecule has 178 valence electrons. The summed E-state index contributed by atoms with van der Waals surface area (Å²) < 4.78 is 17.1. The summed E-state index contributed by atoms with van der Waals surface area (Å²) in [6, 6.07) is 8.13. The molecule has 1 amide bonds. The van der Waals surface area contributed by atoms with Gasteiger partial charge in [-0.1, -0.05) is 54.1 Å². The van der Waals surface area contributed by atoms with E-state index < -0.39 is 29.5 Å². The Morgan fingerprint density at radius 2 is 2.03 bits per heavy atom. The van der Waals surface area contributed by atoms with E-state index in [1.54, 1.807) is 31.4 Å². The van der Waals surface area contributed by atoms with Crippen LogP contribution in [-0.2, 0) is 27.3 Å². The number of benzene rings is 1. The zero-order valence-electron chi connectivity index (χ0n) is 19.3. The van der Waals surface area contributed by atoms with Crippen molar-refractivity contribution >= 4 is 12.1 Å². The highest BCUT2D eigenvalue weighted by molar-refractivity contribution is 5.81. The van der Waals surface area contributed by atoms with Crippen molar-refractivity contribution in [2.45, 2.75) is 77.2 Å². The van der Waals surface area contributed by atoms with Gasteiger partial charge < -0.3 is 14.8 Å². The highest BCUT2D eigenvalue weighted by Crippen LogP contribution is 2.22. The largest absolute Gasteiger partial charge is 0.459 e. The molecule has 33 heavy (non-hydrogen) atoms. The van der Waals surface area contributed by atoms with Crippen molar-refractivity contribution in [2.75, 3.05) is 0 Å². The molecule has 0 bridgehead atoms. The number of allylic oxidation sites excluding steroid dienone is 1. The van der Waals surface area contributed by atoms with Gasteiger partial charge in [0.1, 0.15) is 18.2 Å². The van der Waals surface area contributed by atoms with Gasteiger partial charge in [0.2, 0.25) is 0 Å². The Morgan fingerprint density at radius 3 is 2.76 bits per heavy atom. The molecule has 0 radical (unpaired) electrons. The summed E-state index contributed by atoms with van der Waals surface area (Å²) in [5, 5.41) is 6.46. The maximum atomic E-state index is 12.8. The van der Waals surface area contributed by atoms with E-state index in [-0.39, 0.29) is 19.1 Å². The Kier molecular flexibility index (Phi) is 8.08. The first kappa shape index (κ1) is 24.3. The van der Waals surface area contributed by atoms with Gasteiger partial charge in [-0.25, -0.2) is 14.4 Å². The molecule has 1 unspecified atom stereocenters. The number of ether oxygens (including phenoxy) is 2. The molecule has 1 N–H and O–H groups in total. The van der Waals surface area contributed by atoms with Gasteiger partial charge in [0.25, 0.3) is 0 Å². The molecule has 9 nitrogen and oxygen atoms in total. The molecule has 1 aromatic heterocycles. The summed E-state index contributed by atoms with van der Waals surface area (Å²) >= 11 is 0. The van der Waals surface area contributed by atoms with Gasteiger partial charge in [-0.3, -0.25) is 9.09 Å². The summed E-state index contributed by atoms with van der Waals surface area (Å²) in [6.07, 6.45) is 6.40. The Balaban J connectivity index is 1.69. The van der Waals surface area contributed by atoms with E-state index in [1.807, 2.05) is 36.4 Å². The van der Waals surface area contributed by atoms with Gasteiger partial charge in [-0.05, 0) is 45.6 Å². The van der Waals surface area contributed by atoms with E-state index in [4.69, 9.17) is 14.0 Å². The van der Waals surface area contributed by atoms with E-state index in [0.29, 0.717) is 12.2 Å². The second kappa shape index (κ2) is 11.0. The van der Waals surface area contributed by atoms with Gasteiger partial charge in [0, 0.05) is 6.42 Å². The normalized spacial score (nSPS) is 17.1. The fourth-order valence-electron chi connectivity index (χ4n) is 3.59. The van der Waals surface area contributed by atoms with Gasteiger partial charge in [-0.2, -0.15) is 0 Å². The lowest BCUT2D eigenvalue weighted by Crippen LogP contribution is -2.44. The summed E-state index contributed by atoms with van der Waals surface area (Å²) in [4.78, 5) is 37.1. The molecule has 2 aromatic rings. The predicted molar refractivity (Wildman–Crippen MR) is 121 cm³/mol. The van der Waals surface area contributed by atoms with E-state index in [2.05, 4.69) is 10.5 Å². The summed E-state index contributed by atoms with van der Waals surface area (Å²) in [5.41, 5.74) is 0.139. The quantitative estimate of drug-likeness (QED) is 0.498. The molecular weight excluding hydrogens is 426 g/mol. The first-order valence-corrected chi connectivity index (χ1v) is 11.2. The zero-order chi connectivity index (χ0) is 23.8.